The van der Waals surface area contributed by atoms with E-state index in [0.29, 0.717) is 0 Å². The van der Waals surface area contributed by atoms with Gasteiger partial charge in [0.1, 0.15) is 0 Å². The number of quaternary nitrogens is 1. The quantitative estimate of drug-likeness (QED) is 0.352. The summed E-state index contributed by atoms with van der Waals surface area (Å²) >= 11 is 0. The number of rotatable bonds is 1. The van der Waals surface area contributed by atoms with Gasteiger partial charge in [-0.25, -0.2) is 0 Å². The van der Waals surface area contributed by atoms with Crippen molar-refractivity contribution in [1.29, 1.82) is 0 Å². The van der Waals surface area contributed by atoms with Gasteiger partial charge < -0.3 is 9.85 Å². The molecule has 0 bridgehead atoms. The highest BCUT2D eigenvalue weighted by atomic mass is 16.5. The van der Waals surface area contributed by atoms with Gasteiger partial charge in [0.2, 0.25) is 0 Å². The minimum absolute atomic E-state index is 0.0694. The molecular formula is C5H11NO. The lowest BCUT2D eigenvalue weighted by Gasteiger charge is -2.49. The molecular weight excluding hydrogens is 90.1 g/mol. The van der Waals surface area contributed by atoms with Crippen LogP contribution in [-0.2, 0) is 0 Å². The van der Waals surface area contributed by atoms with E-state index in [1.54, 1.807) is 0 Å². The van der Waals surface area contributed by atoms with Crippen LogP contribution in [0.25, 0.3) is 0 Å². The van der Waals surface area contributed by atoms with Gasteiger partial charge in [0, 0.05) is 6.42 Å². The van der Waals surface area contributed by atoms with Crippen molar-refractivity contribution in [2.45, 2.75) is 13.3 Å². The maximum atomic E-state index is 10.9. The molecule has 1 fully saturated rings. The van der Waals surface area contributed by atoms with E-state index >= 15 is 0 Å². The van der Waals surface area contributed by atoms with Gasteiger partial charge in [0.05, 0.1) is 19.6 Å². The summed E-state index contributed by atoms with van der Waals surface area (Å²) in [5, 5.41) is 10.9. The van der Waals surface area contributed by atoms with Crippen LogP contribution in [0, 0.1) is 5.21 Å². The molecule has 0 atom stereocenters. The monoisotopic (exact) mass is 101 g/mol. The molecule has 1 aliphatic rings. The SMILES string of the molecule is CC[N+]1([O-])CCC1. The van der Waals surface area contributed by atoms with Gasteiger partial charge in [0.25, 0.3) is 0 Å². The third-order valence-electron chi connectivity index (χ3n) is 1.71. The molecule has 2 nitrogen and oxygen atoms in total. The van der Waals surface area contributed by atoms with Gasteiger partial charge in [-0.2, -0.15) is 0 Å². The normalized spacial score (nSPS) is 26.6. The van der Waals surface area contributed by atoms with Gasteiger partial charge in [-0.1, -0.05) is 0 Å². The number of nitrogens with zero attached hydrogens (tertiary/aromatic N) is 1. The molecule has 0 amide bonds. The van der Waals surface area contributed by atoms with Crippen molar-refractivity contribution in [2.24, 2.45) is 0 Å². The Balaban J connectivity index is 2.29. The second-order valence-electron chi connectivity index (χ2n) is 2.18. The van der Waals surface area contributed by atoms with Crippen molar-refractivity contribution < 1.29 is 4.65 Å². The van der Waals surface area contributed by atoms with E-state index in [2.05, 4.69) is 0 Å². The highest BCUT2D eigenvalue weighted by Crippen LogP contribution is 2.15. The third kappa shape index (κ3) is 0.763. The molecule has 1 saturated heterocycles. The molecule has 0 aromatic heterocycles. The maximum Gasteiger partial charge on any atom is 0.0838 e. The first kappa shape index (κ1) is 5.06. The predicted molar refractivity (Wildman–Crippen MR) is 28.5 cm³/mol. The molecule has 0 aliphatic carbocycles. The summed E-state index contributed by atoms with van der Waals surface area (Å²) < 4.78 is 0.0694. The largest absolute Gasteiger partial charge is 0.633 e. The first-order valence-electron chi connectivity index (χ1n) is 2.84. The standard InChI is InChI=1S/C5H11NO/c1-2-6(7)4-3-5-6/h2-5H2,1H3. The second kappa shape index (κ2) is 1.46. The summed E-state index contributed by atoms with van der Waals surface area (Å²) in [6.45, 7) is 4.43. The Morgan fingerprint density at radius 3 is 2.14 bits per heavy atom. The summed E-state index contributed by atoms with van der Waals surface area (Å²) in [4.78, 5) is 0. The van der Waals surface area contributed by atoms with Crippen LogP contribution in [0.1, 0.15) is 13.3 Å². The first-order valence-corrected chi connectivity index (χ1v) is 2.84. The van der Waals surface area contributed by atoms with Crippen molar-refractivity contribution in [2.75, 3.05) is 19.6 Å². The Morgan fingerprint density at radius 1 is 1.57 bits per heavy atom. The summed E-state index contributed by atoms with van der Waals surface area (Å²) in [5.74, 6) is 0. The summed E-state index contributed by atoms with van der Waals surface area (Å²) in [6.07, 6.45) is 1.14. The first-order chi connectivity index (χ1) is 3.27. The molecule has 7 heavy (non-hydrogen) atoms. The highest BCUT2D eigenvalue weighted by Gasteiger charge is 2.22. The van der Waals surface area contributed by atoms with Crippen LogP contribution >= 0.6 is 0 Å². The second-order valence-corrected chi connectivity index (χ2v) is 2.18. The van der Waals surface area contributed by atoms with Gasteiger partial charge in [-0.15, -0.1) is 0 Å². The molecule has 1 aliphatic heterocycles. The highest BCUT2D eigenvalue weighted by molar-refractivity contribution is 4.52. The number of hydrogen-bond acceptors (Lipinski definition) is 1. The van der Waals surface area contributed by atoms with Crippen LogP contribution in [0.2, 0.25) is 0 Å². The number of likely N-dealkylation sites (tertiary alicyclic amines) is 1. The van der Waals surface area contributed by atoms with Crippen LogP contribution in [0.15, 0.2) is 0 Å². The summed E-state index contributed by atoms with van der Waals surface area (Å²) in [6, 6.07) is 0. The Labute approximate surface area is 43.9 Å². The summed E-state index contributed by atoms with van der Waals surface area (Å²) in [5.41, 5.74) is 0. The van der Waals surface area contributed by atoms with Crippen LogP contribution in [0.4, 0.5) is 0 Å². The maximum absolute atomic E-state index is 10.9. The smallest absolute Gasteiger partial charge is 0.0838 e. The van der Waals surface area contributed by atoms with Crippen molar-refractivity contribution >= 4 is 0 Å². The van der Waals surface area contributed by atoms with E-state index in [9.17, 15) is 5.21 Å². The van der Waals surface area contributed by atoms with Crippen LogP contribution in [0.5, 0.6) is 0 Å². The zero-order valence-corrected chi connectivity index (χ0v) is 4.68. The molecule has 0 N–H and O–H groups in total. The molecule has 0 spiro atoms. The molecule has 0 saturated carbocycles. The van der Waals surface area contributed by atoms with Crippen LogP contribution in [0.3, 0.4) is 0 Å². The number of hydrogen-bond donors (Lipinski definition) is 0. The van der Waals surface area contributed by atoms with E-state index in [1.807, 2.05) is 6.92 Å². The Kier molecular flexibility index (Phi) is 1.05. The van der Waals surface area contributed by atoms with Crippen molar-refractivity contribution in [3.63, 3.8) is 0 Å². The van der Waals surface area contributed by atoms with Gasteiger partial charge in [-0.05, 0) is 6.92 Å². The minimum Gasteiger partial charge on any atom is -0.633 e. The molecule has 0 unspecified atom stereocenters. The third-order valence-corrected chi connectivity index (χ3v) is 1.71. The lowest BCUT2D eigenvalue weighted by Crippen LogP contribution is -2.52. The zero-order valence-electron chi connectivity index (χ0n) is 4.68. The average molecular weight is 101 g/mol. The molecule has 1 heterocycles. The van der Waals surface area contributed by atoms with E-state index in [0.717, 1.165) is 26.1 Å². The van der Waals surface area contributed by atoms with Gasteiger partial charge >= 0.3 is 0 Å². The predicted octanol–water partition coefficient (Wildman–Crippen LogP) is 0.725. The summed E-state index contributed by atoms with van der Waals surface area (Å²) in [7, 11) is 0. The Hall–Kier alpha value is -0.0800. The minimum atomic E-state index is 0.0694. The van der Waals surface area contributed by atoms with Crippen LogP contribution in [-0.4, -0.2) is 24.3 Å². The lowest BCUT2D eigenvalue weighted by molar-refractivity contribution is -0.916. The molecule has 0 radical (unpaired) electrons. The van der Waals surface area contributed by atoms with Gasteiger partial charge in [-0.3, -0.25) is 0 Å². The zero-order chi connectivity index (χ0) is 5.33. The fourth-order valence-corrected chi connectivity index (χ4v) is 0.827. The fourth-order valence-electron chi connectivity index (χ4n) is 0.827. The Morgan fingerprint density at radius 2 is 2.14 bits per heavy atom. The topological polar surface area (TPSA) is 23.1 Å². The van der Waals surface area contributed by atoms with Crippen molar-refractivity contribution in [3.8, 4) is 0 Å². The molecule has 42 valence electrons. The molecule has 0 aromatic carbocycles. The van der Waals surface area contributed by atoms with E-state index in [4.69, 9.17) is 0 Å². The van der Waals surface area contributed by atoms with Crippen molar-refractivity contribution in [1.82, 2.24) is 0 Å². The van der Waals surface area contributed by atoms with E-state index in [-0.39, 0.29) is 4.65 Å². The molecule has 1 rings (SSSR count). The van der Waals surface area contributed by atoms with Gasteiger partial charge in [0.15, 0.2) is 0 Å². The Bertz CT molecular complexity index is 63.0. The molecule has 2 heteroatoms. The molecule has 0 aromatic rings. The average Bonchev–Trinajstić information content (AvgIpc) is 1.61. The van der Waals surface area contributed by atoms with E-state index in [1.165, 1.54) is 0 Å². The van der Waals surface area contributed by atoms with Crippen LogP contribution < -0.4 is 0 Å². The van der Waals surface area contributed by atoms with Crippen molar-refractivity contribution in [3.05, 3.63) is 5.21 Å². The fraction of sp³-hybridized carbons (Fsp3) is 1.00. The number of hydroxylamine groups is 3. The lowest BCUT2D eigenvalue weighted by atomic mass is 10.2. The van der Waals surface area contributed by atoms with E-state index < -0.39 is 0 Å².